The van der Waals surface area contributed by atoms with E-state index in [1.165, 1.54) is 54.6 Å². The minimum Gasteiger partial charge on any atom is -0.508 e. The molecule has 95 heavy (non-hydrogen) atoms. The third kappa shape index (κ3) is 17.4. The van der Waals surface area contributed by atoms with Crippen LogP contribution in [0, 0.1) is 26.8 Å². The number of rotatable bonds is 22. The summed E-state index contributed by atoms with van der Waals surface area (Å²) in [6.45, 7) is 15.6. The van der Waals surface area contributed by atoms with Gasteiger partial charge in [0.05, 0.1) is 78.5 Å². The standard InChI is InChI=1S/C20H21FN6O.C17H18FIN4O.C17H19FN4O.C14H13FN4O/c1-3-8-28-18-5-4-15(21)9-16(18)13(2)25-19-6-7-27-20(26-19)17(12-24-27)14-10-22-23-11-14;1-3-8-24-15-5-4-12(18)9-13(15)11(2)21-16-6-7-23-17(22-16)14(19)10-20-23;1-3-10-23-15-5-4-13(18)11-14(15)12(2)20-16-7-9-22-17(21-16)6-8-19-22;1-9(11-8-10(15)2-3-12(11)20)17-13-5-7-19-14(18-13)4-6-16-19/h4-7,9-13H,3,8H2,1-2H3,(H,22,23)(H,25,26);4-7,9-11H,3,8H2,1-2H3,(H,21,22);4-9,11-12H,3,10H2,1-2H3,(H,20,21);2-9,20H,1H3,(H,17,18). The van der Waals surface area contributed by atoms with E-state index in [0.29, 0.717) is 77.2 Å². The number of aromatic nitrogens is 14. The number of hydrogen-bond acceptors (Lipinski definition) is 17. The molecule has 13 rings (SSSR count). The summed E-state index contributed by atoms with van der Waals surface area (Å²) in [6.07, 6.45) is 20.4. The summed E-state index contributed by atoms with van der Waals surface area (Å²) in [6, 6.07) is 27.8. The van der Waals surface area contributed by atoms with Gasteiger partial charge in [0.1, 0.15) is 69.5 Å². The number of anilines is 4. The van der Waals surface area contributed by atoms with Gasteiger partial charge in [0.15, 0.2) is 22.6 Å². The van der Waals surface area contributed by atoms with Crippen molar-refractivity contribution < 1.29 is 36.9 Å². The molecule has 4 aromatic carbocycles. The highest BCUT2D eigenvalue weighted by Gasteiger charge is 2.19. The zero-order valence-corrected chi connectivity index (χ0v) is 55.3. The van der Waals surface area contributed by atoms with E-state index in [1.54, 1.807) is 91.8 Å². The molecule has 0 fully saturated rings. The van der Waals surface area contributed by atoms with Crippen LogP contribution in [0.2, 0.25) is 0 Å². The molecule has 0 radical (unpaired) electrons. The maximum Gasteiger partial charge on any atom is 0.170 e. The van der Waals surface area contributed by atoms with Crippen molar-refractivity contribution in [1.82, 2.24) is 68.6 Å². The van der Waals surface area contributed by atoms with Crippen molar-refractivity contribution >= 4 is 68.5 Å². The van der Waals surface area contributed by atoms with Gasteiger partial charge in [0.25, 0.3) is 0 Å². The number of benzene rings is 4. The largest absolute Gasteiger partial charge is 0.508 e. The molecule has 4 atom stereocenters. The second-order valence-corrected chi connectivity index (χ2v) is 23.0. The first-order valence-electron chi connectivity index (χ1n) is 30.8. The highest BCUT2D eigenvalue weighted by molar-refractivity contribution is 14.1. The molecule has 0 aliphatic heterocycles. The molecule has 0 saturated heterocycles. The predicted molar refractivity (Wildman–Crippen MR) is 365 cm³/mol. The molecule has 13 aromatic rings. The van der Waals surface area contributed by atoms with Crippen LogP contribution in [-0.4, -0.2) is 93.5 Å². The van der Waals surface area contributed by atoms with Crippen molar-refractivity contribution in [2.45, 2.75) is 91.9 Å². The molecule has 9 heterocycles. The topological polar surface area (TPSA) is 245 Å². The zero-order chi connectivity index (χ0) is 67.0. The Labute approximate surface area is 558 Å². The van der Waals surface area contributed by atoms with Crippen molar-refractivity contribution in [3.05, 3.63) is 220 Å². The average Bonchev–Trinajstić information content (AvgIpc) is 1.72. The maximum atomic E-state index is 13.8. The van der Waals surface area contributed by atoms with Crippen LogP contribution < -0.4 is 35.5 Å². The van der Waals surface area contributed by atoms with Crippen molar-refractivity contribution in [1.29, 1.82) is 0 Å². The Hall–Kier alpha value is -10.6. The van der Waals surface area contributed by atoms with E-state index >= 15 is 0 Å². The second kappa shape index (κ2) is 31.8. The molecule has 9 aromatic heterocycles. The van der Waals surface area contributed by atoms with Crippen LogP contribution in [0.5, 0.6) is 23.0 Å². The molecule has 492 valence electrons. The van der Waals surface area contributed by atoms with Crippen LogP contribution in [0.3, 0.4) is 0 Å². The first-order chi connectivity index (χ1) is 46.0. The predicted octanol–water partition coefficient (Wildman–Crippen LogP) is 15.2. The van der Waals surface area contributed by atoms with Gasteiger partial charge >= 0.3 is 0 Å². The van der Waals surface area contributed by atoms with Crippen LogP contribution in [0.15, 0.2) is 171 Å². The smallest absolute Gasteiger partial charge is 0.170 e. The molecule has 0 aliphatic rings. The van der Waals surface area contributed by atoms with Crippen molar-refractivity contribution in [2.75, 3.05) is 41.1 Å². The lowest BCUT2D eigenvalue weighted by atomic mass is 10.1. The van der Waals surface area contributed by atoms with E-state index in [1.807, 2.05) is 91.3 Å². The summed E-state index contributed by atoms with van der Waals surface area (Å²) >= 11 is 2.20. The third-order valence-electron chi connectivity index (χ3n) is 14.6. The summed E-state index contributed by atoms with van der Waals surface area (Å²) in [5.41, 5.74) is 7.53. The number of H-pyrrole nitrogens is 1. The van der Waals surface area contributed by atoms with Crippen molar-refractivity contribution in [3.8, 4) is 34.1 Å². The highest BCUT2D eigenvalue weighted by Crippen LogP contribution is 2.33. The Kier molecular flexibility index (Phi) is 22.6. The Morgan fingerprint density at radius 3 is 1.29 bits per heavy atom. The van der Waals surface area contributed by atoms with E-state index in [4.69, 9.17) is 14.2 Å². The van der Waals surface area contributed by atoms with Crippen LogP contribution in [0.25, 0.3) is 33.7 Å². The molecular weight excluding hydrogens is 1340 g/mol. The van der Waals surface area contributed by atoms with E-state index in [-0.39, 0.29) is 53.2 Å². The lowest BCUT2D eigenvalue weighted by molar-refractivity contribution is 0.312. The molecule has 0 bridgehead atoms. The van der Waals surface area contributed by atoms with Crippen LogP contribution in [0.4, 0.5) is 40.8 Å². The number of fused-ring (bicyclic) bond motifs is 4. The zero-order valence-electron chi connectivity index (χ0n) is 53.1. The van der Waals surface area contributed by atoms with Gasteiger partial charge in [-0.3, -0.25) is 5.10 Å². The summed E-state index contributed by atoms with van der Waals surface area (Å²) in [4.78, 5) is 18.1. The number of ether oxygens (including phenoxy) is 3. The fourth-order valence-corrected chi connectivity index (χ4v) is 10.4. The first kappa shape index (κ1) is 67.3. The van der Waals surface area contributed by atoms with E-state index < -0.39 is 0 Å². The Bertz CT molecular complexity index is 4640. The number of nitrogens with one attached hydrogen (secondary N) is 5. The normalized spacial score (nSPS) is 12.3. The van der Waals surface area contributed by atoms with Crippen molar-refractivity contribution in [3.63, 3.8) is 0 Å². The monoisotopic (exact) mass is 1410 g/mol. The molecule has 4 unspecified atom stereocenters. The average molecular weight is 1410 g/mol. The maximum absolute atomic E-state index is 13.8. The highest BCUT2D eigenvalue weighted by atomic mass is 127. The number of phenols is 1. The Morgan fingerprint density at radius 2 is 0.853 bits per heavy atom. The SMILES string of the molecule is CC(Nc1ccn2nccc2n1)c1cc(F)ccc1O.CCCOc1ccc(F)cc1C(C)Nc1ccn2ncc(-c3cn[nH]c3)c2n1.CCCOc1ccc(F)cc1C(C)Nc1ccn2ncc(I)c2n1.CCCOc1ccc(F)cc1C(C)Nc1ccn2nccc2n1. The van der Waals surface area contributed by atoms with Crippen LogP contribution >= 0.6 is 22.6 Å². The van der Waals surface area contributed by atoms with E-state index in [2.05, 4.69) is 94.4 Å². The van der Waals surface area contributed by atoms with Gasteiger partial charge in [0, 0.05) is 76.5 Å². The summed E-state index contributed by atoms with van der Waals surface area (Å²) in [7, 11) is 0. The molecular formula is C68H71F4IN18O4. The Morgan fingerprint density at radius 1 is 0.463 bits per heavy atom. The van der Waals surface area contributed by atoms with E-state index in [9.17, 15) is 22.7 Å². The van der Waals surface area contributed by atoms with Gasteiger partial charge < -0.3 is 40.6 Å². The van der Waals surface area contributed by atoms with Crippen LogP contribution in [0.1, 0.15) is 114 Å². The van der Waals surface area contributed by atoms with Gasteiger partial charge in [-0.2, -0.15) is 25.5 Å². The summed E-state index contributed by atoms with van der Waals surface area (Å²) < 4.78 is 79.3. The van der Waals surface area contributed by atoms with Gasteiger partial charge in [-0.25, -0.2) is 55.6 Å². The molecule has 27 heteroatoms. The van der Waals surface area contributed by atoms with Crippen LogP contribution in [-0.2, 0) is 0 Å². The van der Waals surface area contributed by atoms with Gasteiger partial charge in [0.2, 0.25) is 0 Å². The minimum absolute atomic E-state index is 0.0526. The quantitative estimate of drug-likeness (QED) is 0.0273. The van der Waals surface area contributed by atoms with Gasteiger partial charge in [-0.15, -0.1) is 0 Å². The lowest BCUT2D eigenvalue weighted by Gasteiger charge is -2.19. The molecule has 0 spiro atoms. The van der Waals surface area contributed by atoms with Gasteiger partial charge in [-0.05, 0) is 167 Å². The molecule has 0 aliphatic carbocycles. The summed E-state index contributed by atoms with van der Waals surface area (Å²) in [5.74, 6) is 3.58. The lowest BCUT2D eigenvalue weighted by Crippen LogP contribution is -2.11. The number of nitrogens with zero attached hydrogens (tertiary/aromatic N) is 13. The minimum atomic E-state index is -0.384. The number of aromatic hydroxyl groups is 1. The molecule has 6 N–H and O–H groups in total. The van der Waals surface area contributed by atoms with Crippen molar-refractivity contribution in [2.24, 2.45) is 0 Å². The van der Waals surface area contributed by atoms with E-state index in [0.717, 1.165) is 61.9 Å². The molecule has 22 nitrogen and oxygen atoms in total. The van der Waals surface area contributed by atoms with Gasteiger partial charge in [-0.1, -0.05) is 20.8 Å². The number of halogens is 5. The molecule has 0 saturated carbocycles. The molecule has 0 amide bonds. The second-order valence-electron chi connectivity index (χ2n) is 21.9. The fraction of sp³-hybridized carbons (Fsp3) is 0.250. The third-order valence-corrected chi connectivity index (χ3v) is 15.4. The Balaban J connectivity index is 0.000000139. The summed E-state index contributed by atoms with van der Waals surface area (Å²) in [5, 5.41) is 46.3. The number of hydrogen-bond donors (Lipinski definition) is 6. The first-order valence-corrected chi connectivity index (χ1v) is 31.9. The fourth-order valence-electron chi connectivity index (χ4n) is 9.93. The number of phenolic OH excluding ortho intramolecular Hbond substituents is 1. The number of aromatic amines is 1.